The molecule has 7 heteroatoms. The summed E-state index contributed by atoms with van der Waals surface area (Å²) in [6.07, 6.45) is 0.396. The monoisotopic (exact) mass is 413 g/mol. The number of carbonyl (C=O) groups is 1. The molecule has 0 spiro atoms. The molecule has 1 aliphatic rings. The molecule has 0 radical (unpaired) electrons. The fourth-order valence-electron chi connectivity index (χ4n) is 3.72. The van der Waals surface area contributed by atoms with Crippen molar-refractivity contribution in [1.29, 1.82) is 0 Å². The average molecular weight is 414 g/mol. The molecule has 0 saturated carbocycles. The largest absolute Gasteiger partial charge is 0.494 e. The van der Waals surface area contributed by atoms with E-state index in [-0.39, 0.29) is 23.7 Å². The Balaban J connectivity index is 1.90. The number of fused-ring (bicyclic) bond motifs is 2. The Morgan fingerprint density at radius 2 is 1.93 bits per heavy atom. The Kier molecular flexibility index (Phi) is 5.30. The highest BCUT2D eigenvalue weighted by Crippen LogP contribution is 2.38. The maximum Gasteiger partial charge on any atom is 0.290 e. The summed E-state index contributed by atoms with van der Waals surface area (Å²) in [5.74, 6) is 0.392. The summed E-state index contributed by atoms with van der Waals surface area (Å²) in [6.45, 7) is 2.68. The second kappa shape index (κ2) is 7.89. The zero-order valence-corrected chi connectivity index (χ0v) is 16.6. The van der Waals surface area contributed by atoms with E-state index in [1.54, 1.807) is 23.1 Å². The quantitative estimate of drug-likeness (QED) is 0.665. The van der Waals surface area contributed by atoms with Crippen LogP contribution < -0.4 is 10.2 Å². The minimum absolute atomic E-state index is 0.0432. The molecule has 2 heterocycles. The summed E-state index contributed by atoms with van der Waals surface area (Å²) in [7, 11) is 0. The van der Waals surface area contributed by atoms with Gasteiger partial charge in [0.1, 0.15) is 11.3 Å². The Morgan fingerprint density at radius 1 is 1.17 bits per heavy atom. The second-order valence-electron chi connectivity index (χ2n) is 6.79. The van der Waals surface area contributed by atoms with Crippen LogP contribution in [0.5, 0.6) is 5.75 Å². The van der Waals surface area contributed by atoms with Crippen molar-refractivity contribution >= 4 is 28.5 Å². The molecule has 1 aliphatic heterocycles. The van der Waals surface area contributed by atoms with Gasteiger partial charge in [-0.1, -0.05) is 23.7 Å². The first kappa shape index (κ1) is 19.5. The number of nitrogens with zero attached hydrogens (tertiary/aromatic N) is 1. The summed E-state index contributed by atoms with van der Waals surface area (Å²) < 4.78 is 11.3. The van der Waals surface area contributed by atoms with Crippen LogP contribution in [0.15, 0.2) is 51.7 Å². The fraction of sp³-hybridized carbons (Fsp3) is 0.273. The first-order valence-electron chi connectivity index (χ1n) is 9.46. The van der Waals surface area contributed by atoms with Gasteiger partial charge in [-0.2, -0.15) is 0 Å². The number of benzene rings is 2. The number of ether oxygens (including phenoxy) is 1. The SMILES string of the molecule is CCOc1ccc([C@H]2c3c(oc4ccc(Cl)cc4c3=O)C(=O)N2CCCO)cc1. The molecule has 6 nitrogen and oxygen atoms in total. The van der Waals surface area contributed by atoms with E-state index < -0.39 is 6.04 Å². The van der Waals surface area contributed by atoms with Gasteiger partial charge in [0.05, 0.1) is 23.6 Å². The van der Waals surface area contributed by atoms with E-state index in [2.05, 4.69) is 0 Å². The van der Waals surface area contributed by atoms with Crippen molar-refractivity contribution in [2.75, 3.05) is 19.8 Å². The molecule has 1 aromatic heterocycles. The van der Waals surface area contributed by atoms with E-state index in [1.807, 2.05) is 31.2 Å². The predicted octanol–water partition coefficient (Wildman–Crippen LogP) is 3.77. The number of aliphatic hydroxyl groups is 1. The van der Waals surface area contributed by atoms with E-state index in [4.69, 9.17) is 20.8 Å². The van der Waals surface area contributed by atoms with Crippen LogP contribution in [-0.2, 0) is 0 Å². The molecule has 0 fully saturated rings. The van der Waals surface area contributed by atoms with Gasteiger partial charge in [0, 0.05) is 18.2 Å². The van der Waals surface area contributed by atoms with Gasteiger partial charge in [0.2, 0.25) is 5.76 Å². The number of halogens is 1. The van der Waals surface area contributed by atoms with Gasteiger partial charge >= 0.3 is 0 Å². The first-order chi connectivity index (χ1) is 14.0. The maximum atomic E-state index is 13.3. The molecule has 1 amide bonds. The summed E-state index contributed by atoms with van der Waals surface area (Å²) in [5, 5.41) is 10.0. The zero-order chi connectivity index (χ0) is 20.5. The minimum atomic E-state index is -0.598. The van der Waals surface area contributed by atoms with Crippen LogP contribution in [0, 0.1) is 0 Å². The van der Waals surface area contributed by atoms with Crippen molar-refractivity contribution in [2.45, 2.75) is 19.4 Å². The maximum absolute atomic E-state index is 13.3. The van der Waals surface area contributed by atoms with Gasteiger partial charge in [0.25, 0.3) is 5.91 Å². The van der Waals surface area contributed by atoms with E-state index >= 15 is 0 Å². The molecule has 29 heavy (non-hydrogen) atoms. The number of aliphatic hydroxyl groups excluding tert-OH is 1. The molecular formula is C22H20ClNO5. The zero-order valence-electron chi connectivity index (χ0n) is 15.9. The average Bonchev–Trinajstić information content (AvgIpc) is 3.00. The van der Waals surface area contributed by atoms with Crippen LogP contribution in [-0.4, -0.2) is 35.7 Å². The van der Waals surface area contributed by atoms with Crippen LogP contribution in [0.2, 0.25) is 5.02 Å². The molecule has 0 unspecified atom stereocenters. The molecule has 2 aromatic carbocycles. The van der Waals surface area contributed by atoms with Gasteiger partial charge < -0.3 is 19.2 Å². The normalized spacial score (nSPS) is 15.8. The molecule has 150 valence electrons. The van der Waals surface area contributed by atoms with Crippen LogP contribution in [0.3, 0.4) is 0 Å². The van der Waals surface area contributed by atoms with E-state index in [0.29, 0.717) is 46.9 Å². The third kappa shape index (κ3) is 3.39. The molecule has 0 saturated heterocycles. The Morgan fingerprint density at radius 3 is 2.62 bits per heavy atom. The summed E-state index contributed by atoms with van der Waals surface area (Å²) in [6, 6.07) is 11.5. The molecule has 0 bridgehead atoms. The molecule has 1 atom stereocenters. The number of hydrogen-bond acceptors (Lipinski definition) is 5. The Bertz CT molecular complexity index is 1120. The topological polar surface area (TPSA) is 80.0 Å². The lowest BCUT2D eigenvalue weighted by Gasteiger charge is -2.25. The smallest absolute Gasteiger partial charge is 0.290 e. The molecule has 3 aromatic rings. The third-order valence-corrected chi connectivity index (χ3v) is 5.23. The summed E-state index contributed by atoms with van der Waals surface area (Å²) in [5.41, 5.74) is 1.11. The van der Waals surface area contributed by atoms with Crippen LogP contribution in [0.4, 0.5) is 0 Å². The van der Waals surface area contributed by atoms with Crippen LogP contribution in [0.1, 0.15) is 41.1 Å². The van der Waals surface area contributed by atoms with Gasteiger partial charge in [-0.05, 0) is 49.2 Å². The van der Waals surface area contributed by atoms with Crippen molar-refractivity contribution in [3.8, 4) is 5.75 Å². The van der Waals surface area contributed by atoms with Crippen molar-refractivity contribution < 1.29 is 19.1 Å². The highest BCUT2D eigenvalue weighted by Gasteiger charge is 2.42. The number of amides is 1. The van der Waals surface area contributed by atoms with E-state index in [0.717, 1.165) is 5.56 Å². The van der Waals surface area contributed by atoms with E-state index in [1.165, 1.54) is 0 Å². The number of hydrogen-bond donors (Lipinski definition) is 1. The van der Waals surface area contributed by atoms with Crippen molar-refractivity contribution in [3.05, 3.63) is 74.6 Å². The predicted molar refractivity (Wildman–Crippen MR) is 110 cm³/mol. The van der Waals surface area contributed by atoms with Crippen molar-refractivity contribution in [1.82, 2.24) is 4.90 Å². The molecule has 4 rings (SSSR count). The fourth-order valence-corrected chi connectivity index (χ4v) is 3.90. The molecule has 0 aliphatic carbocycles. The number of carbonyl (C=O) groups excluding carboxylic acids is 1. The van der Waals surface area contributed by atoms with Gasteiger partial charge in [-0.25, -0.2) is 0 Å². The minimum Gasteiger partial charge on any atom is -0.494 e. The van der Waals surface area contributed by atoms with Gasteiger partial charge in [-0.3, -0.25) is 9.59 Å². The van der Waals surface area contributed by atoms with Crippen LogP contribution >= 0.6 is 11.6 Å². The standard InChI is InChI=1S/C22H20ClNO5/c1-2-28-15-7-4-13(5-8-15)19-18-20(26)16-12-14(23)6-9-17(16)29-21(18)22(27)24(19)10-3-11-25/h4-9,12,19,25H,2-3,10-11H2,1H3/t19-/m0/s1. The van der Waals surface area contributed by atoms with Crippen LogP contribution in [0.25, 0.3) is 11.0 Å². The van der Waals surface area contributed by atoms with Crippen molar-refractivity contribution in [2.24, 2.45) is 0 Å². The Labute approximate surface area is 172 Å². The third-order valence-electron chi connectivity index (χ3n) is 4.99. The lowest BCUT2D eigenvalue weighted by atomic mass is 9.98. The molecular weight excluding hydrogens is 394 g/mol. The van der Waals surface area contributed by atoms with Gasteiger partial charge in [-0.15, -0.1) is 0 Å². The highest BCUT2D eigenvalue weighted by molar-refractivity contribution is 6.31. The summed E-state index contributed by atoms with van der Waals surface area (Å²) in [4.78, 5) is 28.0. The van der Waals surface area contributed by atoms with Crippen molar-refractivity contribution in [3.63, 3.8) is 0 Å². The van der Waals surface area contributed by atoms with Gasteiger partial charge in [0.15, 0.2) is 5.43 Å². The molecule has 1 N–H and O–H groups in total. The Hall–Kier alpha value is -2.83. The first-order valence-corrected chi connectivity index (χ1v) is 9.83. The second-order valence-corrected chi connectivity index (χ2v) is 7.23. The lowest BCUT2D eigenvalue weighted by Crippen LogP contribution is -2.31. The number of rotatable bonds is 6. The van der Waals surface area contributed by atoms with E-state index in [9.17, 15) is 14.7 Å². The summed E-state index contributed by atoms with van der Waals surface area (Å²) >= 11 is 6.07. The lowest BCUT2D eigenvalue weighted by molar-refractivity contribution is 0.0716. The highest BCUT2D eigenvalue weighted by atomic mass is 35.5.